The molecule has 140 valence electrons. The van der Waals surface area contributed by atoms with E-state index in [0.29, 0.717) is 17.6 Å². The van der Waals surface area contributed by atoms with Crippen molar-refractivity contribution in [3.8, 4) is 11.5 Å². The van der Waals surface area contributed by atoms with E-state index in [4.69, 9.17) is 4.52 Å². The highest BCUT2D eigenvalue weighted by Crippen LogP contribution is 2.44. The van der Waals surface area contributed by atoms with Gasteiger partial charge in [0.25, 0.3) is 5.89 Å². The zero-order chi connectivity index (χ0) is 17.3. The summed E-state index contributed by atoms with van der Waals surface area (Å²) in [7, 11) is 0. The molecule has 1 aliphatic carbocycles. The standard InChI is InChI=1S/C19H24N4O2.ClH/c1-13(16-22-17(25-23-16)14-7-3-2-4-8-14)21-18(24)19-10-6-5-9-15(19)11-20-12-19;/h2-4,7-8,13,15,20H,5-6,9-12H2,1H3,(H,21,24);1H/t13?,15-,19+;/m0./s1. The molecular formula is C19H25ClN4O2. The summed E-state index contributed by atoms with van der Waals surface area (Å²) in [6, 6.07) is 9.39. The molecule has 1 saturated carbocycles. The van der Waals surface area contributed by atoms with Crippen molar-refractivity contribution >= 4 is 18.3 Å². The highest BCUT2D eigenvalue weighted by atomic mass is 35.5. The molecule has 2 aliphatic rings. The summed E-state index contributed by atoms with van der Waals surface area (Å²) in [5, 5.41) is 10.6. The Kier molecular flexibility index (Phi) is 5.63. The second-order valence-corrected chi connectivity index (χ2v) is 7.25. The van der Waals surface area contributed by atoms with Crippen LogP contribution in [0.15, 0.2) is 34.9 Å². The number of nitrogens with zero attached hydrogens (tertiary/aromatic N) is 2. The van der Waals surface area contributed by atoms with Crippen molar-refractivity contribution in [2.75, 3.05) is 13.1 Å². The Bertz CT molecular complexity index is 751. The minimum absolute atomic E-state index is 0. The third-order valence-electron chi connectivity index (χ3n) is 5.69. The van der Waals surface area contributed by atoms with Gasteiger partial charge in [-0.2, -0.15) is 4.98 Å². The van der Waals surface area contributed by atoms with E-state index in [2.05, 4.69) is 20.8 Å². The van der Waals surface area contributed by atoms with E-state index in [1.807, 2.05) is 37.3 Å². The topological polar surface area (TPSA) is 80.0 Å². The molecule has 6 nitrogen and oxygen atoms in total. The van der Waals surface area contributed by atoms with Gasteiger partial charge in [-0.25, -0.2) is 0 Å². The van der Waals surface area contributed by atoms with Crippen LogP contribution in [-0.2, 0) is 4.79 Å². The van der Waals surface area contributed by atoms with Crippen molar-refractivity contribution in [2.45, 2.75) is 38.6 Å². The number of carbonyl (C=O) groups excluding carboxylic acids is 1. The quantitative estimate of drug-likeness (QED) is 0.856. The molecule has 1 saturated heterocycles. The highest BCUT2D eigenvalue weighted by molar-refractivity contribution is 5.85. The summed E-state index contributed by atoms with van der Waals surface area (Å²) >= 11 is 0. The molecule has 1 aromatic carbocycles. The van der Waals surface area contributed by atoms with Gasteiger partial charge in [0, 0.05) is 12.1 Å². The Morgan fingerprint density at radius 2 is 2.15 bits per heavy atom. The summed E-state index contributed by atoms with van der Waals surface area (Å²) in [5.74, 6) is 1.56. The number of hydrogen-bond acceptors (Lipinski definition) is 5. The van der Waals surface area contributed by atoms with Gasteiger partial charge >= 0.3 is 0 Å². The van der Waals surface area contributed by atoms with Crippen LogP contribution in [0.4, 0.5) is 0 Å². The minimum Gasteiger partial charge on any atom is -0.346 e. The van der Waals surface area contributed by atoms with Crippen molar-refractivity contribution in [1.82, 2.24) is 20.8 Å². The lowest BCUT2D eigenvalue weighted by atomic mass is 9.67. The first-order chi connectivity index (χ1) is 12.2. The van der Waals surface area contributed by atoms with E-state index in [1.54, 1.807) is 0 Å². The molecule has 4 rings (SSSR count). The molecule has 3 atom stereocenters. The van der Waals surface area contributed by atoms with Gasteiger partial charge in [0.1, 0.15) is 0 Å². The zero-order valence-electron chi connectivity index (χ0n) is 14.9. The average molecular weight is 377 g/mol. The third-order valence-corrected chi connectivity index (χ3v) is 5.69. The van der Waals surface area contributed by atoms with E-state index in [0.717, 1.165) is 37.9 Å². The van der Waals surface area contributed by atoms with Crippen LogP contribution in [0.25, 0.3) is 11.5 Å². The molecule has 7 heteroatoms. The fourth-order valence-electron chi connectivity index (χ4n) is 4.20. The van der Waals surface area contributed by atoms with E-state index in [1.165, 1.54) is 6.42 Å². The first kappa shape index (κ1) is 18.9. The van der Waals surface area contributed by atoms with Gasteiger partial charge < -0.3 is 15.2 Å². The van der Waals surface area contributed by atoms with Crippen molar-refractivity contribution in [3.05, 3.63) is 36.2 Å². The summed E-state index contributed by atoms with van der Waals surface area (Å²) in [5.41, 5.74) is 0.615. The summed E-state index contributed by atoms with van der Waals surface area (Å²) < 4.78 is 5.36. The van der Waals surface area contributed by atoms with Crippen LogP contribution >= 0.6 is 12.4 Å². The van der Waals surface area contributed by atoms with Gasteiger partial charge in [0.05, 0.1) is 11.5 Å². The van der Waals surface area contributed by atoms with Crippen LogP contribution in [0.3, 0.4) is 0 Å². The Hall–Kier alpha value is -1.92. The Morgan fingerprint density at radius 3 is 2.96 bits per heavy atom. The summed E-state index contributed by atoms with van der Waals surface area (Å²) in [4.78, 5) is 17.5. The number of halogens is 1. The number of aromatic nitrogens is 2. The van der Waals surface area contributed by atoms with Crippen molar-refractivity contribution < 1.29 is 9.32 Å². The zero-order valence-corrected chi connectivity index (χ0v) is 15.7. The van der Waals surface area contributed by atoms with Gasteiger partial charge in [-0.3, -0.25) is 4.79 Å². The largest absolute Gasteiger partial charge is 0.346 e. The molecule has 1 aliphatic heterocycles. The smallest absolute Gasteiger partial charge is 0.257 e. The maximum atomic E-state index is 13.0. The van der Waals surface area contributed by atoms with Crippen LogP contribution in [0.1, 0.15) is 44.5 Å². The molecule has 1 unspecified atom stereocenters. The average Bonchev–Trinajstić information content (AvgIpc) is 3.30. The van der Waals surface area contributed by atoms with Crippen LogP contribution < -0.4 is 10.6 Å². The molecule has 26 heavy (non-hydrogen) atoms. The van der Waals surface area contributed by atoms with Crippen molar-refractivity contribution in [2.24, 2.45) is 11.3 Å². The molecule has 0 radical (unpaired) electrons. The number of hydrogen-bond donors (Lipinski definition) is 2. The lowest BCUT2D eigenvalue weighted by molar-refractivity contribution is -0.134. The fourth-order valence-corrected chi connectivity index (χ4v) is 4.20. The number of rotatable bonds is 4. The van der Waals surface area contributed by atoms with Crippen LogP contribution in [0.2, 0.25) is 0 Å². The van der Waals surface area contributed by atoms with Gasteiger partial charge in [-0.15, -0.1) is 12.4 Å². The molecule has 0 spiro atoms. The molecule has 2 aromatic rings. The van der Waals surface area contributed by atoms with Gasteiger partial charge in [-0.05, 0) is 44.4 Å². The minimum atomic E-state index is -0.272. The van der Waals surface area contributed by atoms with Crippen molar-refractivity contribution in [3.63, 3.8) is 0 Å². The molecule has 2 N–H and O–H groups in total. The van der Waals surface area contributed by atoms with Gasteiger partial charge in [0.2, 0.25) is 5.91 Å². The summed E-state index contributed by atoms with van der Waals surface area (Å²) in [6.45, 7) is 3.63. The second-order valence-electron chi connectivity index (χ2n) is 7.25. The molecule has 2 fully saturated rings. The first-order valence-electron chi connectivity index (χ1n) is 9.10. The predicted octanol–water partition coefficient (Wildman–Crippen LogP) is 3.12. The number of benzene rings is 1. The maximum absolute atomic E-state index is 13.0. The van der Waals surface area contributed by atoms with Crippen LogP contribution in [0, 0.1) is 11.3 Å². The normalized spacial score (nSPS) is 25.8. The lowest BCUT2D eigenvalue weighted by Gasteiger charge is -2.37. The molecule has 2 heterocycles. The van der Waals surface area contributed by atoms with Crippen molar-refractivity contribution in [1.29, 1.82) is 0 Å². The predicted molar refractivity (Wildman–Crippen MR) is 101 cm³/mol. The molecule has 1 aromatic heterocycles. The lowest BCUT2D eigenvalue weighted by Crippen LogP contribution is -2.48. The molecular weight excluding hydrogens is 352 g/mol. The summed E-state index contributed by atoms with van der Waals surface area (Å²) in [6.07, 6.45) is 4.45. The van der Waals surface area contributed by atoms with Gasteiger partial charge in [-0.1, -0.05) is 36.2 Å². The maximum Gasteiger partial charge on any atom is 0.257 e. The highest BCUT2D eigenvalue weighted by Gasteiger charge is 2.50. The third kappa shape index (κ3) is 3.35. The SMILES string of the molecule is CC(NC(=O)[C@@]12CCCC[C@H]1CNC2)c1noc(-c2ccccc2)n1.Cl. The van der Waals surface area contributed by atoms with E-state index in [9.17, 15) is 4.79 Å². The Morgan fingerprint density at radius 1 is 1.35 bits per heavy atom. The van der Waals surface area contributed by atoms with Gasteiger partial charge in [0.15, 0.2) is 5.82 Å². The van der Waals surface area contributed by atoms with E-state index < -0.39 is 0 Å². The second kappa shape index (κ2) is 7.76. The monoisotopic (exact) mass is 376 g/mol. The fraction of sp³-hybridized carbons (Fsp3) is 0.526. The number of fused-ring (bicyclic) bond motifs is 1. The molecule has 1 amide bonds. The van der Waals surface area contributed by atoms with Crippen LogP contribution in [0.5, 0.6) is 0 Å². The van der Waals surface area contributed by atoms with E-state index in [-0.39, 0.29) is 29.8 Å². The molecule has 0 bridgehead atoms. The number of carbonyl (C=O) groups is 1. The van der Waals surface area contributed by atoms with E-state index >= 15 is 0 Å². The Balaban J connectivity index is 0.00000196. The van der Waals surface area contributed by atoms with Crippen LogP contribution in [-0.4, -0.2) is 29.1 Å². The number of amides is 1. The Labute approximate surface area is 159 Å². The first-order valence-corrected chi connectivity index (χ1v) is 9.10. The number of nitrogens with one attached hydrogen (secondary N) is 2.